The van der Waals surface area contributed by atoms with Gasteiger partial charge < -0.3 is 4.74 Å². The molecule has 1 unspecified atom stereocenters. The lowest BCUT2D eigenvalue weighted by atomic mass is 9.94. The smallest absolute Gasteiger partial charge is 0.325 e. The van der Waals surface area contributed by atoms with Crippen molar-refractivity contribution in [1.82, 2.24) is 5.32 Å². The van der Waals surface area contributed by atoms with E-state index >= 15 is 0 Å². The maximum Gasteiger partial charge on any atom is 0.325 e. The van der Waals surface area contributed by atoms with Crippen LogP contribution in [-0.2, 0) is 9.53 Å². The zero-order valence-electron chi connectivity index (χ0n) is 10.1. The molecule has 0 aromatic carbocycles. The molecule has 0 saturated heterocycles. The Hall–Kier alpha value is -0.570. The van der Waals surface area contributed by atoms with E-state index in [0.717, 1.165) is 12.8 Å². The highest BCUT2D eigenvalue weighted by Crippen LogP contribution is 2.26. The Labute approximate surface area is 92.6 Å². The van der Waals surface area contributed by atoms with E-state index < -0.39 is 5.54 Å². The first kappa shape index (κ1) is 12.5. The number of nitrogens with one attached hydrogen (secondary N) is 1. The summed E-state index contributed by atoms with van der Waals surface area (Å²) in [7, 11) is 1.47. The lowest BCUT2D eigenvalue weighted by molar-refractivity contribution is -0.148. The molecule has 1 aliphatic rings. The number of unbranched alkanes of at least 4 members (excludes halogenated alkanes) is 2. The number of carbonyl (C=O) groups excluding carboxylic acids is 1. The SMILES string of the molecule is CCCCCC(C)(NC1CC1)C(=O)OC. The fourth-order valence-electron chi connectivity index (χ4n) is 1.87. The third kappa shape index (κ3) is 3.82. The molecule has 0 spiro atoms. The standard InChI is InChI=1S/C12H23NO2/c1-4-5-6-9-12(2,11(14)15-3)13-10-7-8-10/h10,13H,4-9H2,1-3H3. The Morgan fingerprint density at radius 2 is 2.13 bits per heavy atom. The third-order valence-electron chi connectivity index (χ3n) is 3.02. The summed E-state index contributed by atoms with van der Waals surface area (Å²) >= 11 is 0. The van der Waals surface area contributed by atoms with Gasteiger partial charge in [0.1, 0.15) is 5.54 Å². The first-order valence-corrected chi connectivity index (χ1v) is 5.98. The van der Waals surface area contributed by atoms with E-state index in [1.165, 1.54) is 32.8 Å². The first-order valence-electron chi connectivity index (χ1n) is 5.98. The minimum Gasteiger partial charge on any atom is -0.468 e. The molecule has 1 fully saturated rings. The molecule has 1 rings (SSSR count). The zero-order chi connectivity index (χ0) is 11.3. The molecule has 0 aromatic rings. The average Bonchev–Trinajstić information content (AvgIpc) is 3.00. The van der Waals surface area contributed by atoms with E-state index in [1.54, 1.807) is 0 Å². The summed E-state index contributed by atoms with van der Waals surface area (Å²) in [5, 5.41) is 3.40. The van der Waals surface area contributed by atoms with E-state index in [4.69, 9.17) is 4.74 Å². The Morgan fingerprint density at radius 3 is 2.60 bits per heavy atom. The molecule has 1 saturated carbocycles. The number of carbonyl (C=O) groups is 1. The van der Waals surface area contributed by atoms with Crippen molar-refractivity contribution in [2.75, 3.05) is 7.11 Å². The van der Waals surface area contributed by atoms with Crippen LogP contribution in [-0.4, -0.2) is 24.7 Å². The fourth-order valence-corrected chi connectivity index (χ4v) is 1.87. The van der Waals surface area contributed by atoms with Gasteiger partial charge in [-0.15, -0.1) is 0 Å². The van der Waals surface area contributed by atoms with Crippen molar-refractivity contribution in [2.24, 2.45) is 0 Å². The molecule has 1 atom stereocenters. The van der Waals surface area contributed by atoms with E-state index in [1.807, 2.05) is 6.92 Å². The summed E-state index contributed by atoms with van der Waals surface area (Å²) in [6.45, 7) is 4.14. The van der Waals surface area contributed by atoms with Crippen molar-refractivity contribution >= 4 is 5.97 Å². The van der Waals surface area contributed by atoms with Crippen LogP contribution >= 0.6 is 0 Å². The van der Waals surface area contributed by atoms with E-state index in [-0.39, 0.29) is 5.97 Å². The van der Waals surface area contributed by atoms with Crippen LogP contribution in [0.1, 0.15) is 52.4 Å². The molecule has 0 aromatic heterocycles. The van der Waals surface area contributed by atoms with Crippen LogP contribution < -0.4 is 5.32 Å². The van der Waals surface area contributed by atoms with Crippen LogP contribution in [0.4, 0.5) is 0 Å². The molecule has 0 radical (unpaired) electrons. The van der Waals surface area contributed by atoms with Crippen molar-refractivity contribution in [2.45, 2.75) is 64.0 Å². The monoisotopic (exact) mass is 213 g/mol. The fraction of sp³-hybridized carbons (Fsp3) is 0.917. The highest BCUT2D eigenvalue weighted by molar-refractivity contribution is 5.80. The maximum absolute atomic E-state index is 11.7. The Bertz CT molecular complexity index is 214. The second kappa shape index (κ2) is 5.50. The number of hydrogen-bond donors (Lipinski definition) is 1. The number of esters is 1. The van der Waals surface area contributed by atoms with E-state index in [9.17, 15) is 4.79 Å². The van der Waals surface area contributed by atoms with Gasteiger partial charge in [0.2, 0.25) is 0 Å². The molecule has 1 N–H and O–H groups in total. The summed E-state index contributed by atoms with van der Waals surface area (Å²) in [5.41, 5.74) is -0.467. The van der Waals surface area contributed by atoms with E-state index in [2.05, 4.69) is 12.2 Å². The second-order valence-corrected chi connectivity index (χ2v) is 4.70. The summed E-state index contributed by atoms with van der Waals surface area (Å²) in [6, 6.07) is 0.538. The molecule has 3 heteroatoms. The van der Waals surface area contributed by atoms with Gasteiger partial charge in [-0.2, -0.15) is 0 Å². The van der Waals surface area contributed by atoms with Crippen molar-refractivity contribution in [1.29, 1.82) is 0 Å². The molecule has 0 bridgehead atoms. The lowest BCUT2D eigenvalue weighted by Gasteiger charge is -2.28. The average molecular weight is 213 g/mol. The number of rotatable bonds is 7. The van der Waals surface area contributed by atoms with Gasteiger partial charge in [0.05, 0.1) is 7.11 Å². The van der Waals surface area contributed by atoms with Gasteiger partial charge in [0, 0.05) is 6.04 Å². The Morgan fingerprint density at radius 1 is 1.47 bits per heavy atom. The van der Waals surface area contributed by atoms with Crippen LogP contribution in [0.2, 0.25) is 0 Å². The van der Waals surface area contributed by atoms with Crippen LogP contribution in [0, 0.1) is 0 Å². The normalized spacial score (nSPS) is 19.7. The zero-order valence-corrected chi connectivity index (χ0v) is 10.1. The van der Waals surface area contributed by atoms with Gasteiger partial charge in [-0.05, 0) is 26.2 Å². The summed E-state index contributed by atoms with van der Waals surface area (Å²) in [4.78, 5) is 11.7. The topological polar surface area (TPSA) is 38.3 Å². The van der Waals surface area contributed by atoms with Crippen molar-refractivity contribution in [3.8, 4) is 0 Å². The lowest BCUT2D eigenvalue weighted by Crippen LogP contribution is -2.51. The number of methoxy groups -OCH3 is 1. The molecule has 1 aliphatic carbocycles. The predicted molar refractivity (Wildman–Crippen MR) is 60.7 cm³/mol. The van der Waals surface area contributed by atoms with Crippen molar-refractivity contribution < 1.29 is 9.53 Å². The van der Waals surface area contributed by atoms with Crippen molar-refractivity contribution in [3.05, 3.63) is 0 Å². The maximum atomic E-state index is 11.7. The summed E-state index contributed by atoms with van der Waals surface area (Å²) in [6.07, 6.45) is 6.71. The minimum atomic E-state index is -0.467. The Kier molecular flexibility index (Phi) is 4.58. The largest absolute Gasteiger partial charge is 0.468 e. The molecular weight excluding hydrogens is 190 g/mol. The molecule has 3 nitrogen and oxygen atoms in total. The van der Waals surface area contributed by atoms with Crippen LogP contribution in [0.5, 0.6) is 0 Å². The number of ether oxygens (including phenoxy) is 1. The summed E-state index contributed by atoms with van der Waals surface area (Å²) in [5.74, 6) is -0.120. The van der Waals surface area contributed by atoms with Gasteiger partial charge in [-0.1, -0.05) is 26.2 Å². The molecule has 15 heavy (non-hydrogen) atoms. The van der Waals surface area contributed by atoms with Crippen LogP contribution in [0.25, 0.3) is 0 Å². The van der Waals surface area contributed by atoms with Crippen molar-refractivity contribution in [3.63, 3.8) is 0 Å². The highest BCUT2D eigenvalue weighted by Gasteiger charge is 2.38. The van der Waals surface area contributed by atoms with Crippen LogP contribution in [0.3, 0.4) is 0 Å². The second-order valence-electron chi connectivity index (χ2n) is 4.70. The van der Waals surface area contributed by atoms with Gasteiger partial charge >= 0.3 is 5.97 Å². The molecular formula is C12H23NO2. The quantitative estimate of drug-likeness (QED) is 0.520. The molecule has 0 heterocycles. The third-order valence-corrected chi connectivity index (χ3v) is 3.02. The number of hydrogen-bond acceptors (Lipinski definition) is 3. The molecule has 0 aliphatic heterocycles. The van der Waals surface area contributed by atoms with Gasteiger partial charge in [-0.25, -0.2) is 0 Å². The molecule has 0 amide bonds. The molecule has 88 valence electrons. The first-order chi connectivity index (χ1) is 7.12. The summed E-state index contributed by atoms with van der Waals surface area (Å²) < 4.78 is 4.87. The van der Waals surface area contributed by atoms with Gasteiger partial charge in [0.25, 0.3) is 0 Å². The van der Waals surface area contributed by atoms with E-state index in [0.29, 0.717) is 6.04 Å². The van der Waals surface area contributed by atoms with Crippen LogP contribution in [0.15, 0.2) is 0 Å². The predicted octanol–water partition coefficient (Wildman–Crippen LogP) is 2.25. The van der Waals surface area contributed by atoms with Gasteiger partial charge in [0.15, 0.2) is 0 Å². The van der Waals surface area contributed by atoms with Gasteiger partial charge in [-0.3, -0.25) is 10.1 Å². The highest BCUT2D eigenvalue weighted by atomic mass is 16.5. The minimum absolute atomic E-state index is 0.120. The Balaban J connectivity index is 2.45.